The zero-order valence-corrected chi connectivity index (χ0v) is 16.3. The molecule has 1 heterocycles. The zero-order valence-electron chi connectivity index (χ0n) is 16.3. The van der Waals surface area contributed by atoms with Crippen LogP contribution in [0.25, 0.3) is 11.0 Å². The van der Waals surface area contributed by atoms with E-state index in [4.69, 9.17) is 13.9 Å². The molecule has 3 aromatic carbocycles. The molecule has 1 N–H and O–H groups in total. The maximum atomic E-state index is 12.6. The standard InChI is InChI=1S/C24H19NO5/c1-28-21-9-5-8-17-14-20(24(27)30-22(17)21)23(26)25-18-10-12-19(13-11-18)29-15-16-6-3-2-4-7-16/h2-14H,15H2,1H3,(H,25,26). The number of fused-ring (bicyclic) bond motifs is 1. The van der Waals surface area contributed by atoms with Crippen LogP contribution >= 0.6 is 0 Å². The van der Waals surface area contributed by atoms with E-state index in [1.807, 2.05) is 30.3 Å². The lowest BCUT2D eigenvalue weighted by molar-refractivity contribution is 0.102. The lowest BCUT2D eigenvalue weighted by atomic mass is 10.1. The van der Waals surface area contributed by atoms with Crippen LogP contribution < -0.4 is 20.4 Å². The van der Waals surface area contributed by atoms with Crippen LogP contribution in [0.1, 0.15) is 15.9 Å². The van der Waals surface area contributed by atoms with Crippen LogP contribution in [0.3, 0.4) is 0 Å². The highest BCUT2D eigenvalue weighted by molar-refractivity contribution is 6.05. The quantitative estimate of drug-likeness (QED) is 0.477. The van der Waals surface area contributed by atoms with Crippen LogP contribution in [0, 0.1) is 0 Å². The second-order valence-electron chi connectivity index (χ2n) is 6.58. The van der Waals surface area contributed by atoms with Crippen molar-refractivity contribution in [2.24, 2.45) is 0 Å². The van der Waals surface area contributed by atoms with Gasteiger partial charge >= 0.3 is 5.63 Å². The SMILES string of the molecule is COc1cccc2cc(C(=O)Nc3ccc(OCc4ccccc4)cc3)c(=O)oc12. The number of hydrogen-bond donors (Lipinski definition) is 1. The molecule has 30 heavy (non-hydrogen) atoms. The first-order valence-electron chi connectivity index (χ1n) is 9.33. The number of amides is 1. The number of nitrogens with one attached hydrogen (secondary N) is 1. The maximum Gasteiger partial charge on any atom is 0.349 e. The summed E-state index contributed by atoms with van der Waals surface area (Å²) in [6, 6.07) is 23.5. The average molecular weight is 401 g/mol. The summed E-state index contributed by atoms with van der Waals surface area (Å²) < 4.78 is 16.2. The molecule has 0 fully saturated rings. The van der Waals surface area contributed by atoms with Crippen molar-refractivity contribution in [3.63, 3.8) is 0 Å². The first kappa shape index (κ1) is 19.3. The van der Waals surface area contributed by atoms with Crippen molar-refractivity contribution >= 4 is 22.6 Å². The number of methoxy groups -OCH3 is 1. The number of ether oxygens (including phenoxy) is 2. The Labute approximate surface area is 172 Å². The summed E-state index contributed by atoms with van der Waals surface area (Å²) >= 11 is 0. The van der Waals surface area contributed by atoms with Gasteiger partial charge in [0.2, 0.25) is 0 Å². The molecule has 6 heteroatoms. The van der Waals surface area contributed by atoms with E-state index in [-0.39, 0.29) is 5.56 Å². The average Bonchev–Trinajstić information content (AvgIpc) is 2.78. The van der Waals surface area contributed by atoms with E-state index in [9.17, 15) is 9.59 Å². The number of anilines is 1. The largest absolute Gasteiger partial charge is 0.493 e. The lowest BCUT2D eigenvalue weighted by Crippen LogP contribution is -2.20. The second kappa shape index (κ2) is 8.53. The van der Waals surface area contributed by atoms with Crippen LogP contribution in [0.15, 0.2) is 88.1 Å². The van der Waals surface area contributed by atoms with Crippen molar-refractivity contribution in [3.8, 4) is 11.5 Å². The summed E-state index contributed by atoms with van der Waals surface area (Å²) in [7, 11) is 1.49. The van der Waals surface area contributed by atoms with E-state index >= 15 is 0 Å². The van der Waals surface area contributed by atoms with Crippen molar-refractivity contribution in [2.75, 3.05) is 12.4 Å². The third kappa shape index (κ3) is 4.17. The summed E-state index contributed by atoms with van der Waals surface area (Å²) in [4.78, 5) is 24.9. The van der Waals surface area contributed by atoms with Crippen LogP contribution in [0.5, 0.6) is 11.5 Å². The summed E-state index contributed by atoms with van der Waals surface area (Å²) in [6.07, 6.45) is 0. The summed E-state index contributed by atoms with van der Waals surface area (Å²) in [5.74, 6) is 0.559. The zero-order chi connectivity index (χ0) is 20.9. The normalized spacial score (nSPS) is 10.6. The Morgan fingerprint density at radius 1 is 0.967 bits per heavy atom. The Balaban J connectivity index is 1.47. The van der Waals surface area contributed by atoms with Crippen LogP contribution in [-0.2, 0) is 6.61 Å². The van der Waals surface area contributed by atoms with E-state index in [1.54, 1.807) is 42.5 Å². The Bertz CT molecular complexity index is 1230. The van der Waals surface area contributed by atoms with Gasteiger partial charge in [0, 0.05) is 11.1 Å². The van der Waals surface area contributed by atoms with Gasteiger partial charge < -0.3 is 19.2 Å². The van der Waals surface area contributed by atoms with Gasteiger partial charge in [-0.2, -0.15) is 0 Å². The van der Waals surface area contributed by atoms with E-state index in [1.165, 1.54) is 13.2 Å². The van der Waals surface area contributed by atoms with Crippen LogP contribution in [-0.4, -0.2) is 13.0 Å². The number of hydrogen-bond acceptors (Lipinski definition) is 5. The molecule has 0 spiro atoms. The van der Waals surface area contributed by atoms with Gasteiger partial charge in [-0.15, -0.1) is 0 Å². The van der Waals surface area contributed by atoms with Crippen molar-refractivity contribution in [3.05, 3.63) is 100 Å². The first-order chi connectivity index (χ1) is 14.6. The summed E-state index contributed by atoms with van der Waals surface area (Å²) in [5.41, 5.74) is 1.10. The maximum absolute atomic E-state index is 12.6. The molecule has 0 aliphatic carbocycles. The van der Waals surface area contributed by atoms with Gasteiger partial charge in [0.15, 0.2) is 11.3 Å². The minimum atomic E-state index is -0.729. The second-order valence-corrected chi connectivity index (χ2v) is 6.58. The van der Waals surface area contributed by atoms with Gasteiger partial charge in [0.25, 0.3) is 5.91 Å². The third-order valence-electron chi connectivity index (χ3n) is 4.55. The molecule has 0 aliphatic rings. The van der Waals surface area contributed by atoms with E-state index in [0.717, 1.165) is 5.56 Å². The molecule has 150 valence electrons. The molecule has 1 aromatic heterocycles. The van der Waals surface area contributed by atoms with Crippen molar-refractivity contribution in [1.29, 1.82) is 0 Å². The molecule has 0 saturated carbocycles. The smallest absolute Gasteiger partial charge is 0.349 e. The van der Waals surface area contributed by atoms with E-state index in [0.29, 0.717) is 34.8 Å². The topological polar surface area (TPSA) is 77.8 Å². The van der Waals surface area contributed by atoms with Gasteiger partial charge in [0.1, 0.15) is 17.9 Å². The van der Waals surface area contributed by atoms with Crippen molar-refractivity contribution in [2.45, 2.75) is 6.61 Å². The fourth-order valence-corrected chi connectivity index (χ4v) is 3.01. The number of carbonyl (C=O) groups excluding carboxylic acids is 1. The van der Waals surface area contributed by atoms with E-state index in [2.05, 4.69) is 5.32 Å². The highest BCUT2D eigenvalue weighted by Crippen LogP contribution is 2.25. The number of rotatable bonds is 6. The fourth-order valence-electron chi connectivity index (χ4n) is 3.01. The molecule has 0 unspecified atom stereocenters. The van der Waals surface area contributed by atoms with Crippen molar-refractivity contribution < 1.29 is 18.7 Å². The highest BCUT2D eigenvalue weighted by Gasteiger charge is 2.15. The van der Waals surface area contributed by atoms with Crippen molar-refractivity contribution in [1.82, 2.24) is 0 Å². The summed E-state index contributed by atoms with van der Waals surface area (Å²) in [5, 5.41) is 3.31. The molecular weight excluding hydrogens is 382 g/mol. The Hall–Kier alpha value is -4.06. The third-order valence-corrected chi connectivity index (χ3v) is 4.55. The molecule has 0 atom stereocenters. The Morgan fingerprint density at radius 2 is 1.73 bits per heavy atom. The number of para-hydroxylation sites is 1. The summed E-state index contributed by atoms with van der Waals surface area (Å²) in [6.45, 7) is 0.453. The molecular formula is C24H19NO5. The van der Waals surface area contributed by atoms with Crippen LogP contribution in [0.4, 0.5) is 5.69 Å². The molecule has 6 nitrogen and oxygen atoms in total. The minimum Gasteiger partial charge on any atom is -0.493 e. The van der Waals surface area contributed by atoms with Gasteiger partial charge in [-0.3, -0.25) is 4.79 Å². The van der Waals surface area contributed by atoms with Crippen LogP contribution in [0.2, 0.25) is 0 Å². The molecule has 4 aromatic rings. The molecule has 1 amide bonds. The molecule has 4 rings (SSSR count). The van der Waals surface area contributed by atoms with Gasteiger partial charge in [-0.25, -0.2) is 4.79 Å². The Morgan fingerprint density at radius 3 is 2.47 bits per heavy atom. The fraction of sp³-hybridized carbons (Fsp3) is 0.0833. The first-order valence-corrected chi connectivity index (χ1v) is 9.33. The highest BCUT2D eigenvalue weighted by atomic mass is 16.5. The van der Waals surface area contributed by atoms with Gasteiger partial charge in [0.05, 0.1) is 7.11 Å². The predicted octanol–water partition coefficient (Wildman–Crippen LogP) is 4.63. The predicted molar refractivity (Wildman–Crippen MR) is 114 cm³/mol. The van der Waals surface area contributed by atoms with Gasteiger partial charge in [-0.1, -0.05) is 42.5 Å². The van der Waals surface area contributed by atoms with Gasteiger partial charge in [-0.05, 0) is 42.0 Å². The minimum absolute atomic E-state index is 0.0832. The monoisotopic (exact) mass is 401 g/mol. The molecule has 0 aliphatic heterocycles. The lowest BCUT2D eigenvalue weighted by Gasteiger charge is -2.09. The molecule has 0 saturated heterocycles. The number of carbonyl (C=O) groups is 1. The number of benzene rings is 3. The van der Waals surface area contributed by atoms with E-state index < -0.39 is 11.5 Å². The Kier molecular flexibility index (Phi) is 5.48. The molecule has 0 bridgehead atoms. The molecule has 0 radical (unpaired) electrons.